The lowest BCUT2D eigenvalue weighted by atomic mass is 9.98. The Hall–Kier alpha value is -0.340. The lowest BCUT2D eigenvalue weighted by Crippen LogP contribution is -2.28. The molecule has 0 aromatic carbocycles. The molecular formula is C11H21NO. The Kier molecular flexibility index (Phi) is 3.94. The molecule has 0 spiro atoms. The van der Waals surface area contributed by atoms with E-state index < -0.39 is 5.60 Å². The van der Waals surface area contributed by atoms with E-state index in [9.17, 15) is 5.11 Å². The molecule has 0 aromatic heterocycles. The second kappa shape index (κ2) is 4.77. The second-order valence-electron chi connectivity index (χ2n) is 4.27. The van der Waals surface area contributed by atoms with Gasteiger partial charge in [-0.25, -0.2) is 0 Å². The van der Waals surface area contributed by atoms with Gasteiger partial charge in [0.25, 0.3) is 0 Å². The molecule has 0 amide bonds. The van der Waals surface area contributed by atoms with Crippen LogP contribution >= 0.6 is 0 Å². The van der Waals surface area contributed by atoms with Crippen LogP contribution in [-0.2, 0) is 0 Å². The molecule has 13 heavy (non-hydrogen) atoms. The molecule has 1 saturated heterocycles. The number of rotatable bonds is 3. The Labute approximate surface area is 81.2 Å². The fraction of sp³-hybridized carbons (Fsp3) is 0.818. The van der Waals surface area contributed by atoms with Gasteiger partial charge in [-0.2, -0.15) is 0 Å². The highest BCUT2D eigenvalue weighted by Gasteiger charge is 2.24. The summed E-state index contributed by atoms with van der Waals surface area (Å²) >= 11 is 0. The molecule has 2 nitrogen and oxygen atoms in total. The molecule has 0 radical (unpaired) electrons. The zero-order chi connectivity index (χ0) is 9.73. The van der Waals surface area contributed by atoms with Crippen molar-refractivity contribution < 1.29 is 5.11 Å². The fourth-order valence-corrected chi connectivity index (χ4v) is 1.82. The van der Waals surface area contributed by atoms with E-state index in [2.05, 4.69) is 11.5 Å². The highest BCUT2D eigenvalue weighted by Crippen LogP contribution is 2.21. The normalized spacial score (nSPS) is 31.2. The standard InChI is InChI=1S/C11H21NO/c1-3-4-8-12-9-5-6-11(2,13)7-10-12/h3,13H,1,4-10H2,2H3. The van der Waals surface area contributed by atoms with Crippen LogP contribution in [0, 0.1) is 0 Å². The van der Waals surface area contributed by atoms with Crippen molar-refractivity contribution in [3.8, 4) is 0 Å². The smallest absolute Gasteiger partial charge is 0.0632 e. The van der Waals surface area contributed by atoms with Crippen LogP contribution in [0.15, 0.2) is 12.7 Å². The molecule has 0 saturated carbocycles. The predicted octanol–water partition coefficient (Wildman–Crippen LogP) is 1.80. The van der Waals surface area contributed by atoms with Crippen molar-refractivity contribution in [2.24, 2.45) is 0 Å². The van der Waals surface area contributed by atoms with Gasteiger partial charge in [0.05, 0.1) is 5.60 Å². The van der Waals surface area contributed by atoms with E-state index in [0.717, 1.165) is 45.3 Å². The topological polar surface area (TPSA) is 23.5 Å². The third kappa shape index (κ3) is 3.92. The summed E-state index contributed by atoms with van der Waals surface area (Å²) in [6, 6.07) is 0. The van der Waals surface area contributed by atoms with Gasteiger partial charge in [-0.15, -0.1) is 6.58 Å². The van der Waals surface area contributed by atoms with Crippen molar-refractivity contribution in [2.45, 2.75) is 38.2 Å². The Morgan fingerprint density at radius 1 is 1.46 bits per heavy atom. The van der Waals surface area contributed by atoms with Gasteiger partial charge in [0.15, 0.2) is 0 Å². The molecule has 1 aliphatic heterocycles. The molecule has 1 N–H and O–H groups in total. The molecule has 1 unspecified atom stereocenters. The minimum Gasteiger partial charge on any atom is -0.390 e. The lowest BCUT2D eigenvalue weighted by Gasteiger charge is -2.21. The van der Waals surface area contributed by atoms with Crippen molar-refractivity contribution >= 4 is 0 Å². The SMILES string of the molecule is C=CCCN1CCCC(C)(O)CC1. The summed E-state index contributed by atoms with van der Waals surface area (Å²) in [4.78, 5) is 2.42. The van der Waals surface area contributed by atoms with E-state index in [4.69, 9.17) is 0 Å². The zero-order valence-electron chi connectivity index (χ0n) is 8.63. The first-order chi connectivity index (χ1) is 6.14. The maximum absolute atomic E-state index is 9.85. The third-order valence-electron chi connectivity index (χ3n) is 2.81. The molecule has 2 heteroatoms. The second-order valence-corrected chi connectivity index (χ2v) is 4.27. The number of hydrogen-bond acceptors (Lipinski definition) is 2. The molecule has 1 heterocycles. The Morgan fingerprint density at radius 3 is 2.92 bits per heavy atom. The van der Waals surface area contributed by atoms with Gasteiger partial charge in [0.2, 0.25) is 0 Å². The molecule has 76 valence electrons. The van der Waals surface area contributed by atoms with E-state index >= 15 is 0 Å². The van der Waals surface area contributed by atoms with Gasteiger partial charge in [-0.3, -0.25) is 0 Å². The predicted molar refractivity (Wildman–Crippen MR) is 55.7 cm³/mol. The summed E-state index contributed by atoms with van der Waals surface area (Å²) < 4.78 is 0. The van der Waals surface area contributed by atoms with E-state index in [0.29, 0.717) is 0 Å². The summed E-state index contributed by atoms with van der Waals surface area (Å²) in [5.74, 6) is 0. The molecule has 0 aliphatic carbocycles. The van der Waals surface area contributed by atoms with E-state index in [1.165, 1.54) is 0 Å². The first-order valence-corrected chi connectivity index (χ1v) is 5.20. The first kappa shape index (κ1) is 10.7. The summed E-state index contributed by atoms with van der Waals surface area (Å²) in [7, 11) is 0. The minimum absolute atomic E-state index is 0.428. The van der Waals surface area contributed by atoms with E-state index in [1.54, 1.807) is 0 Å². The van der Waals surface area contributed by atoms with Crippen LogP contribution in [0.2, 0.25) is 0 Å². The van der Waals surface area contributed by atoms with Gasteiger partial charge >= 0.3 is 0 Å². The molecular weight excluding hydrogens is 162 g/mol. The summed E-state index contributed by atoms with van der Waals surface area (Å²) in [6.45, 7) is 8.92. The molecule has 0 bridgehead atoms. The van der Waals surface area contributed by atoms with Crippen LogP contribution in [0.5, 0.6) is 0 Å². The highest BCUT2D eigenvalue weighted by atomic mass is 16.3. The van der Waals surface area contributed by atoms with Crippen molar-refractivity contribution in [1.82, 2.24) is 4.90 Å². The quantitative estimate of drug-likeness (QED) is 0.674. The van der Waals surface area contributed by atoms with Crippen LogP contribution in [0.1, 0.15) is 32.6 Å². The molecule has 0 aromatic rings. The Bertz CT molecular complexity index is 165. The largest absolute Gasteiger partial charge is 0.390 e. The van der Waals surface area contributed by atoms with Crippen molar-refractivity contribution in [1.29, 1.82) is 0 Å². The molecule has 1 aliphatic rings. The highest BCUT2D eigenvalue weighted by molar-refractivity contribution is 4.80. The van der Waals surface area contributed by atoms with E-state index in [-0.39, 0.29) is 0 Å². The average Bonchev–Trinajstić information content (AvgIpc) is 2.23. The van der Waals surface area contributed by atoms with Crippen LogP contribution < -0.4 is 0 Å². The van der Waals surface area contributed by atoms with Crippen LogP contribution in [0.25, 0.3) is 0 Å². The van der Waals surface area contributed by atoms with Gasteiger partial charge in [-0.1, -0.05) is 6.08 Å². The molecule has 1 rings (SSSR count). The maximum atomic E-state index is 9.85. The average molecular weight is 183 g/mol. The number of likely N-dealkylation sites (tertiary alicyclic amines) is 1. The van der Waals surface area contributed by atoms with Gasteiger partial charge in [0.1, 0.15) is 0 Å². The van der Waals surface area contributed by atoms with E-state index in [1.807, 2.05) is 13.0 Å². The van der Waals surface area contributed by atoms with Crippen molar-refractivity contribution in [2.75, 3.05) is 19.6 Å². The zero-order valence-corrected chi connectivity index (χ0v) is 8.63. The molecule has 1 fully saturated rings. The lowest BCUT2D eigenvalue weighted by molar-refractivity contribution is 0.0447. The maximum Gasteiger partial charge on any atom is 0.0632 e. The van der Waals surface area contributed by atoms with Crippen LogP contribution in [0.4, 0.5) is 0 Å². The summed E-state index contributed by atoms with van der Waals surface area (Å²) in [5, 5.41) is 9.85. The minimum atomic E-state index is -0.428. The van der Waals surface area contributed by atoms with Gasteiger partial charge in [-0.05, 0) is 39.2 Å². The molecule has 1 atom stereocenters. The summed E-state index contributed by atoms with van der Waals surface area (Å²) in [5.41, 5.74) is -0.428. The first-order valence-electron chi connectivity index (χ1n) is 5.20. The monoisotopic (exact) mass is 183 g/mol. The van der Waals surface area contributed by atoms with Crippen molar-refractivity contribution in [3.63, 3.8) is 0 Å². The van der Waals surface area contributed by atoms with Gasteiger partial charge in [0, 0.05) is 13.1 Å². The van der Waals surface area contributed by atoms with Crippen molar-refractivity contribution in [3.05, 3.63) is 12.7 Å². The van der Waals surface area contributed by atoms with Crippen LogP contribution in [-0.4, -0.2) is 35.2 Å². The number of nitrogens with zero attached hydrogens (tertiary/aromatic N) is 1. The summed E-state index contributed by atoms with van der Waals surface area (Å²) in [6.07, 6.45) is 5.98. The number of hydrogen-bond donors (Lipinski definition) is 1. The third-order valence-corrected chi connectivity index (χ3v) is 2.81. The number of aliphatic hydroxyl groups is 1. The van der Waals surface area contributed by atoms with Crippen LogP contribution in [0.3, 0.4) is 0 Å². The Morgan fingerprint density at radius 2 is 2.23 bits per heavy atom. The fourth-order valence-electron chi connectivity index (χ4n) is 1.82. The Balaban J connectivity index is 2.31. The van der Waals surface area contributed by atoms with Gasteiger partial charge < -0.3 is 10.0 Å².